The molecule has 2 heterocycles. The second-order valence-corrected chi connectivity index (χ2v) is 8.44. The third-order valence-corrected chi connectivity index (χ3v) is 6.34. The van der Waals surface area contributed by atoms with E-state index in [1.165, 1.54) is 12.6 Å². The Bertz CT molecular complexity index is 1160. The van der Waals surface area contributed by atoms with Crippen LogP contribution in [0.1, 0.15) is 50.6 Å². The van der Waals surface area contributed by atoms with Gasteiger partial charge in [0.05, 0.1) is 0 Å². The number of rotatable bonds is 6. The number of aromatic nitrogens is 1. The molecule has 1 aliphatic heterocycles. The van der Waals surface area contributed by atoms with Gasteiger partial charge in [0.15, 0.2) is 0 Å². The number of pyridine rings is 1. The Hall–Kier alpha value is -3.67. The van der Waals surface area contributed by atoms with Gasteiger partial charge in [-0.25, -0.2) is 0 Å². The van der Waals surface area contributed by atoms with Crippen molar-refractivity contribution in [2.24, 2.45) is 0 Å². The van der Waals surface area contributed by atoms with Gasteiger partial charge in [0.25, 0.3) is 11.8 Å². The average molecular weight is 444 g/mol. The van der Waals surface area contributed by atoms with Crippen molar-refractivity contribution in [2.75, 3.05) is 20.1 Å². The molecular formula is C27H29N3O3. The van der Waals surface area contributed by atoms with Crippen molar-refractivity contribution in [1.29, 1.82) is 0 Å². The lowest BCUT2D eigenvalue weighted by atomic mass is 9.89. The average Bonchev–Trinajstić information content (AvgIpc) is 2.88. The Balaban J connectivity index is 1.54. The van der Waals surface area contributed by atoms with E-state index in [1.807, 2.05) is 48.5 Å². The summed E-state index contributed by atoms with van der Waals surface area (Å²) in [5.41, 5.74) is 1.97. The molecule has 0 radical (unpaired) electrons. The molecule has 170 valence electrons. The highest BCUT2D eigenvalue weighted by atomic mass is 16.2. The summed E-state index contributed by atoms with van der Waals surface area (Å²) in [6.07, 6.45) is 5.58. The van der Waals surface area contributed by atoms with E-state index in [1.54, 1.807) is 21.9 Å². The number of nitrogens with one attached hydrogen (secondary N) is 1. The first-order valence-electron chi connectivity index (χ1n) is 11.4. The number of carbonyl (C=O) groups is 2. The zero-order valence-electron chi connectivity index (χ0n) is 18.9. The van der Waals surface area contributed by atoms with Crippen molar-refractivity contribution in [3.05, 3.63) is 106 Å². The van der Waals surface area contributed by atoms with Crippen LogP contribution in [0.3, 0.4) is 0 Å². The summed E-state index contributed by atoms with van der Waals surface area (Å²) in [5, 5.41) is 2.52. The lowest BCUT2D eigenvalue weighted by molar-refractivity contribution is 0.0710. The molecule has 0 unspecified atom stereocenters. The molecule has 0 atom stereocenters. The second kappa shape index (κ2) is 10.3. The molecule has 3 aromatic rings. The first kappa shape index (κ1) is 22.5. The van der Waals surface area contributed by atoms with Gasteiger partial charge >= 0.3 is 0 Å². The van der Waals surface area contributed by atoms with Gasteiger partial charge in [-0.3, -0.25) is 14.4 Å². The van der Waals surface area contributed by atoms with E-state index >= 15 is 0 Å². The SMILES string of the molecule is CNC(=O)c1cn(CCc2ccccc2)cc(C(=O)N2CCC(c3ccccc3)CC2)c1=O. The van der Waals surface area contributed by atoms with E-state index in [4.69, 9.17) is 0 Å². The number of benzene rings is 2. The Labute approximate surface area is 193 Å². The van der Waals surface area contributed by atoms with Crippen LogP contribution in [0.2, 0.25) is 0 Å². The third kappa shape index (κ3) is 5.22. The molecule has 0 spiro atoms. The predicted octanol–water partition coefficient (Wildman–Crippen LogP) is 3.47. The number of nitrogens with zero attached hydrogens (tertiary/aromatic N) is 2. The third-order valence-electron chi connectivity index (χ3n) is 6.34. The van der Waals surface area contributed by atoms with Crippen molar-refractivity contribution in [1.82, 2.24) is 14.8 Å². The molecule has 33 heavy (non-hydrogen) atoms. The molecule has 2 amide bonds. The Morgan fingerprint density at radius 3 is 2.15 bits per heavy atom. The first-order valence-corrected chi connectivity index (χ1v) is 11.4. The number of likely N-dealkylation sites (tertiary alicyclic amines) is 1. The predicted molar refractivity (Wildman–Crippen MR) is 129 cm³/mol. The van der Waals surface area contributed by atoms with Crippen LogP contribution in [0.25, 0.3) is 0 Å². The second-order valence-electron chi connectivity index (χ2n) is 8.44. The van der Waals surface area contributed by atoms with E-state index in [2.05, 4.69) is 17.4 Å². The van der Waals surface area contributed by atoms with Crippen LogP contribution in [0.4, 0.5) is 0 Å². The van der Waals surface area contributed by atoms with Gasteiger partial charge in [0.2, 0.25) is 5.43 Å². The minimum absolute atomic E-state index is 0.00409. The molecule has 0 saturated carbocycles. The lowest BCUT2D eigenvalue weighted by Crippen LogP contribution is -2.41. The summed E-state index contributed by atoms with van der Waals surface area (Å²) in [5.74, 6) is -0.369. The van der Waals surface area contributed by atoms with Crippen molar-refractivity contribution in [3.8, 4) is 0 Å². The fraction of sp³-hybridized carbons (Fsp3) is 0.296. The molecule has 4 rings (SSSR count). The highest BCUT2D eigenvalue weighted by Gasteiger charge is 2.27. The maximum Gasteiger partial charge on any atom is 0.259 e. The molecule has 0 aliphatic carbocycles. The Morgan fingerprint density at radius 2 is 1.52 bits per heavy atom. The Kier molecular flexibility index (Phi) is 7.03. The van der Waals surface area contributed by atoms with Gasteiger partial charge in [-0.1, -0.05) is 60.7 Å². The number of amides is 2. The highest BCUT2D eigenvalue weighted by Crippen LogP contribution is 2.28. The van der Waals surface area contributed by atoms with Crippen molar-refractivity contribution in [2.45, 2.75) is 31.7 Å². The van der Waals surface area contributed by atoms with E-state index in [0.717, 1.165) is 24.8 Å². The fourth-order valence-corrected chi connectivity index (χ4v) is 4.42. The topological polar surface area (TPSA) is 71.4 Å². The molecule has 6 heteroatoms. The largest absolute Gasteiger partial charge is 0.355 e. The van der Waals surface area contributed by atoms with E-state index in [9.17, 15) is 14.4 Å². The van der Waals surface area contributed by atoms with Crippen LogP contribution in [0.15, 0.2) is 77.9 Å². The standard InChI is InChI=1S/C27H29N3O3/c1-28-26(32)23-18-29(15-12-20-8-4-2-5-9-20)19-24(25(23)31)27(33)30-16-13-22(14-17-30)21-10-6-3-7-11-21/h2-11,18-19,22H,12-17H2,1H3,(H,28,32). The highest BCUT2D eigenvalue weighted by molar-refractivity contribution is 5.99. The number of hydrogen-bond donors (Lipinski definition) is 1. The Morgan fingerprint density at radius 1 is 0.909 bits per heavy atom. The van der Waals surface area contributed by atoms with Crippen molar-refractivity contribution < 1.29 is 9.59 Å². The molecule has 1 saturated heterocycles. The zero-order valence-corrected chi connectivity index (χ0v) is 18.9. The van der Waals surface area contributed by atoms with E-state index in [0.29, 0.717) is 25.6 Å². The van der Waals surface area contributed by atoms with Gasteiger partial charge in [-0.2, -0.15) is 0 Å². The molecular weight excluding hydrogens is 414 g/mol. The summed E-state index contributed by atoms with van der Waals surface area (Å²) in [7, 11) is 1.49. The maximum atomic E-state index is 13.3. The van der Waals surface area contributed by atoms with Gasteiger partial charge in [0.1, 0.15) is 11.1 Å². The molecule has 1 N–H and O–H groups in total. The number of hydrogen-bond acceptors (Lipinski definition) is 3. The quantitative estimate of drug-likeness (QED) is 0.634. The fourth-order valence-electron chi connectivity index (χ4n) is 4.42. The van der Waals surface area contributed by atoms with Gasteiger partial charge in [-0.05, 0) is 36.3 Å². The molecule has 0 bridgehead atoms. The van der Waals surface area contributed by atoms with Crippen LogP contribution >= 0.6 is 0 Å². The van der Waals surface area contributed by atoms with Crippen LogP contribution in [0, 0.1) is 0 Å². The molecule has 1 fully saturated rings. The summed E-state index contributed by atoms with van der Waals surface area (Å²) < 4.78 is 1.78. The number of aryl methyl sites for hydroxylation is 2. The van der Waals surface area contributed by atoms with E-state index in [-0.39, 0.29) is 17.0 Å². The van der Waals surface area contributed by atoms with Crippen molar-refractivity contribution >= 4 is 11.8 Å². The first-order chi connectivity index (χ1) is 16.1. The minimum atomic E-state index is -0.513. The zero-order chi connectivity index (χ0) is 23.2. The van der Waals surface area contributed by atoms with Gasteiger partial charge in [-0.15, -0.1) is 0 Å². The monoisotopic (exact) mass is 443 g/mol. The van der Waals surface area contributed by atoms with Crippen LogP contribution < -0.4 is 10.7 Å². The van der Waals surface area contributed by atoms with Crippen LogP contribution in [0.5, 0.6) is 0 Å². The molecule has 2 aromatic carbocycles. The number of piperidine rings is 1. The summed E-state index contributed by atoms with van der Waals surface area (Å²) in [6.45, 7) is 1.74. The van der Waals surface area contributed by atoms with Crippen LogP contribution in [-0.4, -0.2) is 41.4 Å². The minimum Gasteiger partial charge on any atom is -0.355 e. The summed E-state index contributed by atoms with van der Waals surface area (Å²) in [6, 6.07) is 20.3. The number of carbonyl (C=O) groups excluding carboxylic acids is 2. The normalized spacial score (nSPS) is 14.2. The molecule has 1 aromatic heterocycles. The molecule has 6 nitrogen and oxygen atoms in total. The summed E-state index contributed by atoms with van der Waals surface area (Å²) >= 11 is 0. The van der Waals surface area contributed by atoms with Crippen LogP contribution in [-0.2, 0) is 13.0 Å². The van der Waals surface area contributed by atoms with E-state index < -0.39 is 11.3 Å². The van der Waals surface area contributed by atoms with Crippen molar-refractivity contribution in [3.63, 3.8) is 0 Å². The van der Waals surface area contributed by atoms with Gasteiger partial charge in [0, 0.05) is 39.1 Å². The lowest BCUT2D eigenvalue weighted by Gasteiger charge is -2.32. The maximum absolute atomic E-state index is 13.3. The van der Waals surface area contributed by atoms with Gasteiger partial charge < -0.3 is 14.8 Å². The smallest absolute Gasteiger partial charge is 0.259 e. The summed E-state index contributed by atoms with van der Waals surface area (Å²) in [4.78, 5) is 40.5. The molecule has 1 aliphatic rings.